The van der Waals surface area contributed by atoms with Gasteiger partial charge in [0.25, 0.3) is 0 Å². The predicted molar refractivity (Wildman–Crippen MR) is 71.5 cm³/mol. The molecular formula is C13H17BrClF. The van der Waals surface area contributed by atoms with Gasteiger partial charge in [0.05, 0.1) is 4.47 Å². The lowest BCUT2D eigenvalue weighted by molar-refractivity contribution is 0.374. The monoisotopic (exact) mass is 306 g/mol. The van der Waals surface area contributed by atoms with Crippen LogP contribution in [0.5, 0.6) is 0 Å². The normalized spacial score (nSPS) is 13.9. The van der Waals surface area contributed by atoms with Crippen LogP contribution in [-0.2, 0) is 6.42 Å². The molecule has 1 rings (SSSR count). The fourth-order valence-electron chi connectivity index (χ4n) is 1.42. The van der Waals surface area contributed by atoms with Crippen molar-refractivity contribution in [2.45, 2.75) is 39.0 Å². The van der Waals surface area contributed by atoms with E-state index >= 15 is 0 Å². The van der Waals surface area contributed by atoms with E-state index in [0.29, 0.717) is 4.47 Å². The topological polar surface area (TPSA) is 0 Å². The zero-order valence-corrected chi connectivity index (χ0v) is 12.2. The van der Waals surface area contributed by atoms with Crippen LogP contribution in [0, 0.1) is 11.2 Å². The third kappa shape index (κ3) is 4.06. The zero-order valence-electron chi connectivity index (χ0n) is 9.86. The van der Waals surface area contributed by atoms with Gasteiger partial charge in [0.1, 0.15) is 5.82 Å². The Morgan fingerprint density at radius 1 is 1.38 bits per heavy atom. The lowest BCUT2D eigenvalue weighted by Crippen LogP contribution is -2.21. The number of alkyl halides is 1. The van der Waals surface area contributed by atoms with Gasteiger partial charge in [-0.3, -0.25) is 0 Å². The fourth-order valence-corrected chi connectivity index (χ4v) is 1.96. The minimum Gasteiger partial charge on any atom is -0.206 e. The summed E-state index contributed by atoms with van der Waals surface area (Å²) in [6, 6.07) is 5.12. The van der Waals surface area contributed by atoms with Crippen LogP contribution in [0.25, 0.3) is 0 Å². The lowest BCUT2D eigenvalue weighted by Gasteiger charge is -2.25. The summed E-state index contributed by atoms with van der Waals surface area (Å²) in [4.78, 5) is 0. The minimum atomic E-state index is -0.220. The Morgan fingerprint density at radius 2 is 2.00 bits per heavy atom. The number of rotatable bonds is 3. The van der Waals surface area contributed by atoms with Crippen molar-refractivity contribution in [1.29, 1.82) is 0 Å². The molecule has 16 heavy (non-hydrogen) atoms. The van der Waals surface area contributed by atoms with Crippen molar-refractivity contribution in [2.75, 3.05) is 0 Å². The number of hydrogen-bond donors (Lipinski definition) is 0. The molecule has 0 N–H and O–H groups in total. The Hall–Kier alpha value is -0.0800. The maximum atomic E-state index is 13.0. The average molecular weight is 308 g/mol. The first-order valence-electron chi connectivity index (χ1n) is 5.38. The van der Waals surface area contributed by atoms with Crippen LogP contribution < -0.4 is 0 Å². The summed E-state index contributed by atoms with van der Waals surface area (Å²) in [6.07, 6.45) is 1.79. The average Bonchev–Trinajstić information content (AvgIpc) is 2.18. The zero-order chi connectivity index (χ0) is 12.3. The van der Waals surface area contributed by atoms with Gasteiger partial charge in [0.2, 0.25) is 0 Å². The van der Waals surface area contributed by atoms with Crippen molar-refractivity contribution >= 4 is 27.5 Å². The van der Waals surface area contributed by atoms with Gasteiger partial charge >= 0.3 is 0 Å². The molecule has 0 saturated carbocycles. The van der Waals surface area contributed by atoms with Gasteiger partial charge in [0, 0.05) is 5.38 Å². The molecule has 1 atom stereocenters. The molecule has 0 amide bonds. The molecule has 0 spiro atoms. The summed E-state index contributed by atoms with van der Waals surface area (Å²) in [7, 11) is 0. The van der Waals surface area contributed by atoms with E-state index in [9.17, 15) is 4.39 Å². The van der Waals surface area contributed by atoms with Crippen molar-refractivity contribution in [1.82, 2.24) is 0 Å². The summed E-state index contributed by atoms with van der Waals surface area (Å²) in [6.45, 7) is 6.39. The van der Waals surface area contributed by atoms with Gasteiger partial charge in [-0.05, 0) is 51.9 Å². The molecule has 0 bridgehead atoms. The Bertz CT molecular complexity index is 357. The molecule has 0 heterocycles. The highest BCUT2D eigenvalue weighted by atomic mass is 79.9. The van der Waals surface area contributed by atoms with E-state index in [2.05, 4.69) is 36.7 Å². The van der Waals surface area contributed by atoms with Crippen molar-refractivity contribution in [2.24, 2.45) is 5.41 Å². The van der Waals surface area contributed by atoms with E-state index in [4.69, 9.17) is 11.6 Å². The predicted octanol–water partition coefficient (Wildman–Crippen LogP) is 5.17. The lowest BCUT2D eigenvalue weighted by atomic mass is 9.88. The van der Waals surface area contributed by atoms with Gasteiger partial charge in [-0.15, -0.1) is 11.6 Å². The molecule has 0 aliphatic heterocycles. The smallest absolute Gasteiger partial charge is 0.137 e. The molecule has 0 nitrogen and oxygen atoms in total. The molecule has 1 aromatic rings. The van der Waals surface area contributed by atoms with Crippen LogP contribution in [0.4, 0.5) is 4.39 Å². The first kappa shape index (κ1) is 14.0. The van der Waals surface area contributed by atoms with Gasteiger partial charge in [-0.1, -0.05) is 26.8 Å². The number of benzene rings is 1. The van der Waals surface area contributed by atoms with E-state index in [1.165, 1.54) is 6.07 Å². The standard InChI is InChI=1S/C13H17BrClF/c1-13(2,3)12(15)7-5-9-4-6-11(16)10(14)8-9/h4,6,8,12H,5,7H2,1-3H3. The third-order valence-electron chi connectivity index (χ3n) is 2.61. The molecule has 0 aliphatic rings. The first-order valence-corrected chi connectivity index (χ1v) is 6.61. The summed E-state index contributed by atoms with van der Waals surface area (Å²) < 4.78 is 13.5. The highest BCUT2D eigenvalue weighted by Gasteiger charge is 2.21. The molecule has 0 fully saturated rings. The van der Waals surface area contributed by atoms with Crippen LogP contribution in [0.3, 0.4) is 0 Å². The summed E-state index contributed by atoms with van der Waals surface area (Å²) in [5, 5.41) is 0.135. The molecule has 90 valence electrons. The minimum absolute atomic E-state index is 0.110. The van der Waals surface area contributed by atoms with E-state index < -0.39 is 0 Å². The quantitative estimate of drug-likeness (QED) is 0.675. The maximum Gasteiger partial charge on any atom is 0.137 e. The Kier molecular flexibility index (Phi) is 4.81. The first-order chi connectivity index (χ1) is 7.30. The van der Waals surface area contributed by atoms with Crippen LogP contribution in [-0.4, -0.2) is 5.38 Å². The van der Waals surface area contributed by atoms with Crippen molar-refractivity contribution in [3.8, 4) is 0 Å². The van der Waals surface area contributed by atoms with Crippen LogP contribution in [0.1, 0.15) is 32.8 Å². The van der Waals surface area contributed by atoms with Gasteiger partial charge < -0.3 is 0 Å². The van der Waals surface area contributed by atoms with E-state index in [1.807, 2.05) is 12.1 Å². The largest absolute Gasteiger partial charge is 0.206 e. The second kappa shape index (κ2) is 5.50. The second-order valence-corrected chi connectivity index (χ2v) is 6.50. The number of aryl methyl sites for hydroxylation is 1. The highest BCUT2D eigenvalue weighted by molar-refractivity contribution is 9.10. The molecule has 1 unspecified atom stereocenters. The fraction of sp³-hybridized carbons (Fsp3) is 0.538. The van der Waals surface area contributed by atoms with Crippen LogP contribution in [0.15, 0.2) is 22.7 Å². The van der Waals surface area contributed by atoms with Gasteiger partial charge in [-0.25, -0.2) is 4.39 Å². The van der Waals surface area contributed by atoms with Gasteiger partial charge in [0.15, 0.2) is 0 Å². The summed E-state index contributed by atoms with van der Waals surface area (Å²) in [5.41, 5.74) is 1.22. The molecule has 3 heteroatoms. The van der Waals surface area contributed by atoms with E-state index in [-0.39, 0.29) is 16.6 Å². The van der Waals surface area contributed by atoms with Crippen molar-refractivity contribution in [3.63, 3.8) is 0 Å². The van der Waals surface area contributed by atoms with E-state index in [1.54, 1.807) is 0 Å². The third-order valence-corrected chi connectivity index (χ3v) is 4.09. The molecule has 0 aliphatic carbocycles. The van der Waals surface area contributed by atoms with Crippen LogP contribution >= 0.6 is 27.5 Å². The van der Waals surface area contributed by atoms with Crippen molar-refractivity contribution < 1.29 is 4.39 Å². The molecule has 0 radical (unpaired) electrons. The Morgan fingerprint density at radius 3 is 2.50 bits per heavy atom. The summed E-state index contributed by atoms with van der Waals surface area (Å²) >= 11 is 9.48. The molecule has 0 saturated heterocycles. The van der Waals surface area contributed by atoms with E-state index in [0.717, 1.165) is 18.4 Å². The SMILES string of the molecule is CC(C)(C)C(Cl)CCc1ccc(F)c(Br)c1. The Balaban J connectivity index is 2.58. The number of hydrogen-bond acceptors (Lipinski definition) is 0. The second-order valence-electron chi connectivity index (χ2n) is 5.12. The molecule has 0 aromatic heterocycles. The van der Waals surface area contributed by atoms with Crippen molar-refractivity contribution in [3.05, 3.63) is 34.1 Å². The van der Waals surface area contributed by atoms with Gasteiger partial charge in [-0.2, -0.15) is 0 Å². The summed E-state index contributed by atoms with van der Waals surface area (Å²) in [5.74, 6) is -0.220. The molecule has 1 aromatic carbocycles. The van der Waals surface area contributed by atoms with Crippen LogP contribution in [0.2, 0.25) is 0 Å². The highest BCUT2D eigenvalue weighted by Crippen LogP contribution is 2.28. The molecular weight excluding hydrogens is 290 g/mol. The Labute approximate surface area is 110 Å². The number of halogens is 3. The maximum absolute atomic E-state index is 13.0.